The van der Waals surface area contributed by atoms with Crippen molar-refractivity contribution in [2.75, 3.05) is 6.61 Å². The van der Waals surface area contributed by atoms with Gasteiger partial charge >= 0.3 is 6.09 Å². The number of carbonyl (C=O) groups is 3. The van der Waals surface area contributed by atoms with Gasteiger partial charge in [0.1, 0.15) is 18.7 Å². The van der Waals surface area contributed by atoms with Crippen LogP contribution in [-0.2, 0) is 20.9 Å². The normalized spacial score (nSPS) is 13.9. The van der Waals surface area contributed by atoms with Crippen LogP contribution in [0.5, 0.6) is 0 Å². The van der Waals surface area contributed by atoms with Gasteiger partial charge in [-0.3, -0.25) is 9.59 Å². The SMILES string of the molecule is CC(C)C[C@@H](CO)NC(=O)[C@@H](CC(C)C)NC(=O)[C@H](CC(C)C)NC(=O)OCc1ccccc1. The lowest BCUT2D eigenvalue weighted by Gasteiger charge is -2.27. The van der Waals surface area contributed by atoms with Crippen molar-refractivity contribution in [2.24, 2.45) is 17.8 Å². The van der Waals surface area contributed by atoms with Crippen LogP contribution in [0.1, 0.15) is 66.4 Å². The number of ether oxygens (including phenoxy) is 1. The molecular weight excluding hydrogens is 434 g/mol. The van der Waals surface area contributed by atoms with E-state index in [9.17, 15) is 19.5 Å². The van der Waals surface area contributed by atoms with Gasteiger partial charge in [0.25, 0.3) is 0 Å². The highest BCUT2D eigenvalue weighted by molar-refractivity contribution is 5.91. The molecule has 8 nitrogen and oxygen atoms in total. The fraction of sp³-hybridized carbons (Fsp3) is 0.654. The molecular formula is C26H43N3O5. The molecule has 0 fully saturated rings. The predicted molar refractivity (Wildman–Crippen MR) is 133 cm³/mol. The minimum Gasteiger partial charge on any atom is -0.445 e. The Morgan fingerprint density at radius 3 is 1.76 bits per heavy atom. The van der Waals surface area contributed by atoms with E-state index in [0.29, 0.717) is 25.2 Å². The molecule has 4 N–H and O–H groups in total. The molecule has 0 bridgehead atoms. The predicted octanol–water partition coefficient (Wildman–Crippen LogP) is 3.38. The fourth-order valence-electron chi connectivity index (χ4n) is 3.64. The van der Waals surface area contributed by atoms with Crippen LogP contribution in [-0.4, -0.2) is 47.7 Å². The lowest BCUT2D eigenvalue weighted by atomic mass is 9.99. The lowest BCUT2D eigenvalue weighted by Crippen LogP contribution is -2.56. The van der Waals surface area contributed by atoms with E-state index in [-0.39, 0.29) is 37.0 Å². The number of aliphatic hydroxyl groups excluding tert-OH is 1. The highest BCUT2D eigenvalue weighted by atomic mass is 16.5. The van der Waals surface area contributed by atoms with Crippen molar-refractivity contribution >= 4 is 17.9 Å². The second kappa shape index (κ2) is 15.3. The van der Waals surface area contributed by atoms with Gasteiger partial charge in [0, 0.05) is 0 Å². The van der Waals surface area contributed by atoms with Gasteiger partial charge in [-0.15, -0.1) is 0 Å². The van der Waals surface area contributed by atoms with Crippen LogP contribution in [0.3, 0.4) is 0 Å². The van der Waals surface area contributed by atoms with Crippen LogP contribution in [0.15, 0.2) is 30.3 Å². The third-order valence-electron chi connectivity index (χ3n) is 5.19. The second-order valence-corrected chi connectivity index (χ2v) is 10.1. The molecule has 0 heterocycles. The van der Waals surface area contributed by atoms with Crippen molar-refractivity contribution in [1.29, 1.82) is 0 Å². The van der Waals surface area contributed by atoms with Gasteiger partial charge in [-0.2, -0.15) is 0 Å². The molecule has 1 aromatic rings. The molecule has 0 saturated carbocycles. The van der Waals surface area contributed by atoms with E-state index in [1.54, 1.807) is 0 Å². The zero-order valence-corrected chi connectivity index (χ0v) is 21.5. The quantitative estimate of drug-likeness (QED) is 0.328. The first kappa shape index (κ1) is 29.4. The van der Waals surface area contributed by atoms with Gasteiger partial charge in [-0.25, -0.2) is 4.79 Å². The molecule has 34 heavy (non-hydrogen) atoms. The van der Waals surface area contributed by atoms with Gasteiger partial charge in [-0.05, 0) is 42.6 Å². The van der Waals surface area contributed by atoms with E-state index < -0.39 is 24.1 Å². The summed E-state index contributed by atoms with van der Waals surface area (Å²) in [5, 5.41) is 17.9. The maximum Gasteiger partial charge on any atom is 0.408 e. The number of amides is 3. The van der Waals surface area contributed by atoms with Gasteiger partial charge in [0.15, 0.2) is 0 Å². The van der Waals surface area contributed by atoms with Crippen LogP contribution in [0.4, 0.5) is 4.79 Å². The molecule has 3 amide bonds. The van der Waals surface area contributed by atoms with E-state index in [1.165, 1.54) is 0 Å². The Balaban J connectivity index is 2.83. The van der Waals surface area contributed by atoms with Crippen LogP contribution >= 0.6 is 0 Å². The Kier molecular flexibility index (Phi) is 13.3. The Morgan fingerprint density at radius 2 is 1.26 bits per heavy atom. The minimum atomic E-state index is -0.838. The molecule has 0 spiro atoms. The first-order valence-electron chi connectivity index (χ1n) is 12.2. The van der Waals surface area contributed by atoms with Crippen molar-refractivity contribution in [3.8, 4) is 0 Å². The van der Waals surface area contributed by atoms with E-state index in [4.69, 9.17) is 4.74 Å². The Morgan fingerprint density at radius 1 is 0.765 bits per heavy atom. The van der Waals surface area contributed by atoms with Crippen LogP contribution in [0.25, 0.3) is 0 Å². The van der Waals surface area contributed by atoms with Crippen molar-refractivity contribution in [3.05, 3.63) is 35.9 Å². The summed E-state index contributed by atoms with van der Waals surface area (Å²) in [6.45, 7) is 11.8. The van der Waals surface area contributed by atoms with Crippen LogP contribution < -0.4 is 16.0 Å². The van der Waals surface area contributed by atoms with Crippen LogP contribution in [0.2, 0.25) is 0 Å². The smallest absolute Gasteiger partial charge is 0.408 e. The summed E-state index contributed by atoms with van der Waals surface area (Å²) in [5.41, 5.74) is 0.844. The minimum absolute atomic E-state index is 0.0967. The summed E-state index contributed by atoms with van der Waals surface area (Å²) < 4.78 is 5.27. The number of aliphatic hydroxyl groups is 1. The summed E-state index contributed by atoms with van der Waals surface area (Å²) in [7, 11) is 0. The molecule has 3 atom stereocenters. The lowest BCUT2D eigenvalue weighted by molar-refractivity contribution is -0.131. The van der Waals surface area contributed by atoms with Gasteiger partial charge in [0.2, 0.25) is 11.8 Å². The third-order valence-corrected chi connectivity index (χ3v) is 5.19. The Hall–Kier alpha value is -2.61. The van der Waals surface area contributed by atoms with E-state index >= 15 is 0 Å². The average Bonchev–Trinajstić information content (AvgIpc) is 2.76. The largest absolute Gasteiger partial charge is 0.445 e. The first-order valence-corrected chi connectivity index (χ1v) is 12.2. The summed E-state index contributed by atoms with van der Waals surface area (Å²) in [5.74, 6) is -0.183. The van der Waals surface area contributed by atoms with Crippen LogP contribution in [0, 0.1) is 17.8 Å². The standard InChI is InChI=1S/C26H43N3O5/c1-17(2)12-21(15-30)27-24(31)22(13-18(3)4)28-25(32)23(14-19(5)6)29-26(33)34-16-20-10-8-7-9-11-20/h7-11,17-19,21-23,30H,12-16H2,1-6H3,(H,27,31)(H,28,32)(H,29,33)/t21-,22+,23-/m0/s1. The first-order chi connectivity index (χ1) is 16.0. The molecule has 0 aromatic heterocycles. The number of hydrogen-bond donors (Lipinski definition) is 4. The van der Waals surface area contributed by atoms with E-state index in [2.05, 4.69) is 16.0 Å². The molecule has 1 aromatic carbocycles. The molecule has 0 radical (unpaired) electrons. The molecule has 0 unspecified atom stereocenters. The molecule has 0 aliphatic rings. The number of carbonyl (C=O) groups excluding carboxylic acids is 3. The number of nitrogens with one attached hydrogen (secondary N) is 3. The fourth-order valence-corrected chi connectivity index (χ4v) is 3.64. The van der Waals surface area contributed by atoms with Crippen molar-refractivity contribution in [1.82, 2.24) is 16.0 Å². The molecule has 0 aliphatic heterocycles. The zero-order valence-electron chi connectivity index (χ0n) is 21.5. The number of benzene rings is 1. The van der Waals surface area contributed by atoms with Crippen molar-refractivity contribution in [3.63, 3.8) is 0 Å². The van der Waals surface area contributed by atoms with Gasteiger partial charge in [0.05, 0.1) is 12.6 Å². The topological polar surface area (TPSA) is 117 Å². The monoisotopic (exact) mass is 477 g/mol. The molecule has 8 heteroatoms. The third kappa shape index (κ3) is 12.0. The Labute approximate surface area is 204 Å². The summed E-state index contributed by atoms with van der Waals surface area (Å²) in [4.78, 5) is 38.4. The molecule has 0 saturated heterocycles. The van der Waals surface area contributed by atoms with Crippen molar-refractivity contribution < 1.29 is 24.2 Å². The maximum atomic E-state index is 13.1. The zero-order chi connectivity index (χ0) is 25.7. The average molecular weight is 478 g/mol. The summed E-state index contributed by atoms with van der Waals surface area (Å²) in [6, 6.07) is 7.29. The molecule has 192 valence electrons. The Bertz CT molecular complexity index is 752. The van der Waals surface area contributed by atoms with Gasteiger partial charge < -0.3 is 25.8 Å². The molecule has 0 aliphatic carbocycles. The highest BCUT2D eigenvalue weighted by Crippen LogP contribution is 2.11. The summed E-state index contributed by atoms with van der Waals surface area (Å²) >= 11 is 0. The van der Waals surface area contributed by atoms with Gasteiger partial charge in [-0.1, -0.05) is 71.9 Å². The van der Waals surface area contributed by atoms with E-state index in [1.807, 2.05) is 71.9 Å². The number of hydrogen-bond acceptors (Lipinski definition) is 5. The highest BCUT2D eigenvalue weighted by Gasteiger charge is 2.29. The van der Waals surface area contributed by atoms with E-state index in [0.717, 1.165) is 5.56 Å². The second-order valence-electron chi connectivity index (χ2n) is 10.1. The number of alkyl carbamates (subject to hydrolysis) is 1. The summed E-state index contributed by atoms with van der Waals surface area (Å²) in [6.07, 6.45) is 0.779. The molecule has 1 rings (SSSR count). The van der Waals surface area contributed by atoms with Crippen molar-refractivity contribution in [2.45, 2.75) is 85.5 Å². The maximum absolute atomic E-state index is 13.1. The number of rotatable bonds is 14.